The molecule has 0 radical (unpaired) electrons. The number of hydrogen-bond acceptors (Lipinski definition) is 9. The van der Waals surface area contributed by atoms with Crippen LogP contribution >= 0.6 is 11.8 Å². The Morgan fingerprint density at radius 1 is 1.42 bits per heavy atom. The summed E-state index contributed by atoms with van der Waals surface area (Å²) in [6.07, 6.45) is 5.22. The summed E-state index contributed by atoms with van der Waals surface area (Å²) in [5, 5.41) is 15.4. The Labute approximate surface area is 181 Å². The van der Waals surface area contributed by atoms with Crippen LogP contribution in [0.1, 0.15) is 0 Å². The highest BCUT2D eigenvalue weighted by Gasteiger charge is 2.35. The van der Waals surface area contributed by atoms with Crippen molar-refractivity contribution in [3.05, 3.63) is 25.0 Å². The number of nitrogens with zero attached hydrogens (tertiary/aromatic N) is 7. The fourth-order valence-corrected chi connectivity index (χ4v) is 3.80. The van der Waals surface area contributed by atoms with Crippen molar-refractivity contribution in [2.45, 2.75) is 17.2 Å². The summed E-state index contributed by atoms with van der Waals surface area (Å²) in [6, 6.07) is -0.678. The van der Waals surface area contributed by atoms with E-state index in [1.807, 2.05) is 6.26 Å². The molecule has 13 heteroatoms. The van der Waals surface area contributed by atoms with Gasteiger partial charge in [0.2, 0.25) is 11.9 Å². The quantitative estimate of drug-likeness (QED) is 0.407. The number of thioether (sulfide) groups is 1. The minimum atomic E-state index is -1.26. The first kappa shape index (κ1) is 20.9. The minimum Gasteiger partial charge on any atom is -0.478 e. The second-order valence-electron chi connectivity index (χ2n) is 6.89. The number of amides is 1. The molecule has 0 aliphatic carbocycles. The highest BCUT2D eigenvalue weighted by Crippen LogP contribution is 2.30. The maximum Gasteiger partial charge on any atom is 0.256 e. The van der Waals surface area contributed by atoms with Crippen molar-refractivity contribution in [3.63, 3.8) is 0 Å². The molecule has 11 nitrogen and oxygen atoms in total. The van der Waals surface area contributed by atoms with Crippen LogP contribution in [0.5, 0.6) is 5.88 Å². The van der Waals surface area contributed by atoms with Gasteiger partial charge in [-0.15, -0.1) is 22.0 Å². The number of ether oxygens (including phenoxy) is 1. The van der Waals surface area contributed by atoms with Crippen LogP contribution in [0.2, 0.25) is 0 Å². The molecule has 1 amide bonds. The number of hydrogen-bond donors (Lipinski definition) is 2. The smallest absolute Gasteiger partial charge is 0.256 e. The number of anilines is 3. The first-order valence-electron chi connectivity index (χ1n) is 9.39. The fraction of sp³-hybridized carbons (Fsp3) is 0.389. The second kappa shape index (κ2) is 8.41. The Hall–Kier alpha value is -3.35. The normalized spacial score (nSPS) is 18.4. The third kappa shape index (κ3) is 4.00. The number of fused-ring (bicyclic) bond motifs is 1. The van der Waals surface area contributed by atoms with Gasteiger partial charge in [0.15, 0.2) is 11.5 Å². The molecule has 0 aromatic carbocycles. The molecule has 31 heavy (non-hydrogen) atoms. The molecule has 1 aliphatic heterocycles. The van der Waals surface area contributed by atoms with Gasteiger partial charge in [-0.05, 0) is 12.3 Å². The van der Waals surface area contributed by atoms with Crippen LogP contribution in [0, 0.1) is 0 Å². The molecule has 2 unspecified atom stereocenters. The summed E-state index contributed by atoms with van der Waals surface area (Å²) in [7, 11) is 3.30. The van der Waals surface area contributed by atoms with Crippen LogP contribution < -0.4 is 20.3 Å². The lowest BCUT2D eigenvalue weighted by Gasteiger charge is -2.17. The third-order valence-corrected chi connectivity index (χ3v) is 5.51. The van der Waals surface area contributed by atoms with Crippen molar-refractivity contribution in [3.8, 4) is 5.88 Å². The predicted molar refractivity (Wildman–Crippen MR) is 115 cm³/mol. The van der Waals surface area contributed by atoms with E-state index in [9.17, 15) is 9.18 Å². The van der Waals surface area contributed by atoms with Gasteiger partial charge in [-0.2, -0.15) is 4.98 Å². The zero-order valence-electron chi connectivity index (χ0n) is 17.2. The molecule has 0 saturated carbocycles. The molecule has 0 bridgehead atoms. The van der Waals surface area contributed by atoms with Crippen molar-refractivity contribution < 1.29 is 13.9 Å². The van der Waals surface area contributed by atoms with Crippen LogP contribution in [0.4, 0.5) is 21.8 Å². The van der Waals surface area contributed by atoms with Crippen LogP contribution in [-0.2, 0) is 11.8 Å². The van der Waals surface area contributed by atoms with Crippen LogP contribution in [0.25, 0.3) is 5.65 Å². The summed E-state index contributed by atoms with van der Waals surface area (Å²) in [5.41, 5.74) is 1.11. The lowest BCUT2D eigenvalue weighted by atomic mass is 10.2. The van der Waals surface area contributed by atoms with E-state index in [1.54, 1.807) is 33.5 Å². The van der Waals surface area contributed by atoms with Gasteiger partial charge in [-0.1, -0.05) is 6.58 Å². The molecule has 1 saturated heterocycles. The topological polar surface area (TPSA) is 115 Å². The van der Waals surface area contributed by atoms with Crippen LogP contribution in [0.15, 0.2) is 30.1 Å². The van der Waals surface area contributed by atoms with Crippen molar-refractivity contribution in [1.82, 2.24) is 34.7 Å². The molecule has 4 rings (SSSR count). The van der Waals surface area contributed by atoms with E-state index in [0.717, 1.165) is 11.1 Å². The molecule has 3 aromatic heterocycles. The molecular weight excluding hydrogens is 425 g/mol. The third-order valence-electron chi connectivity index (χ3n) is 4.81. The van der Waals surface area contributed by atoms with Crippen molar-refractivity contribution in [2.75, 3.05) is 36.7 Å². The monoisotopic (exact) mass is 447 g/mol. The van der Waals surface area contributed by atoms with E-state index >= 15 is 0 Å². The second-order valence-corrected chi connectivity index (χ2v) is 7.71. The number of imidazole rings is 1. The number of carbonyl (C=O) groups is 1. The lowest BCUT2D eigenvalue weighted by Crippen LogP contribution is -2.40. The number of aryl methyl sites for hydroxylation is 1. The number of nitrogens with one attached hydrogen (secondary N) is 2. The molecule has 2 atom stereocenters. The maximum atomic E-state index is 14.6. The van der Waals surface area contributed by atoms with Crippen molar-refractivity contribution >= 4 is 40.8 Å². The van der Waals surface area contributed by atoms with Gasteiger partial charge in [0.25, 0.3) is 5.88 Å². The lowest BCUT2D eigenvalue weighted by molar-refractivity contribution is -0.117. The van der Waals surface area contributed by atoms with Gasteiger partial charge in [0.1, 0.15) is 16.9 Å². The molecule has 2 N–H and O–H groups in total. The summed E-state index contributed by atoms with van der Waals surface area (Å²) in [4.78, 5) is 22.3. The Balaban J connectivity index is 1.71. The van der Waals surface area contributed by atoms with Gasteiger partial charge in [-0.25, -0.2) is 13.9 Å². The average Bonchev–Trinajstić information content (AvgIpc) is 3.44. The molecule has 0 spiro atoms. The summed E-state index contributed by atoms with van der Waals surface area (Å²) >= 11 is 1.48. The largest absolute Gasteiger partial charge is 0.478 e. The van der Waals surface area contributed by atoms with Gasteiger partial charge >= 0.3 is 0 Å². The number of rotatable bonds is 7. The SMILES string of the molecule is C=CC(=O)NC1CN(c2nc(Nc3cn(C)nc3OC)c3ncc(SC)n3n2)CC1F. The molecule has 164 valence electrons. The van der Waals surface area contributed by atoms with Crippen LogP contribution in [0.3, 0.4) is 0 Å². The van der Waals surface area contributed by atoms with Crippen LogP contribution in [-0.4, -0.2) is 73.9 Å². The van der Waals surface area contributed by atoms with E-state index in [2.05, 4.69) is 37.4 Å². The summed E-state index contributed by atoms with van der Waals surface area (Å²) in [5.74, 6) is 0.709. The molecule has 3 aromatic rings. The Morgan fingerprint density at radius 3 is 2.94 bits per heavy atom. The molecule has 1 fully saturated rings. The minimum absolute atomic E-state index is 0.0482. The standard InChI is InChI=1S/C18H22FN9O2S/c1-5-13(29)21-11-9-27(7-10(11)19)18-23-15(16-20-6-14(31-4)28(16)25-18)22-12-8-26(2)24-17(12)30-3/h5-6,8,10-11H,1,7,9H2,2-4H3,(H,21,29)(H,22,23,25). The molecule has 1 aliphatic rings. The van der Waals surface area contributed by atoms with Crippen molar-refractivity contribution in [2.24, 2.45) is 7.05 Å². The fourth-order valence-electron chi connectivity index (χ4n) is 3.34. The average molecular weight is 448 g/mol. The van der Waals surface area contributed by atoms with E-state index < -0.39 is 18.1 Å². The van der Waals surface area contributed by atoms with E-state index in [0.29, 0.717) is 29.0 Å². The van der Waals surface area contributed by atoms with E-state index in [1.165, 1.54) is 18.9 Å². The van der Waals surface area contributed by atoms with Crippen molar-refractivity contribution in [1.29, 1.82) is 0 Å². The maximum absolute atomic E-state index is 14.6. The zero-order chi connectivity index (χ0) is 22.1. The van der Waals surface area contributed by atoms with Gasteiger partial charge in [0.05, 0.1) is 32.1 Å². The Kier molecular flexibility index (Phi) is 5.67. The first-order valence-corrected chi connectivity index (χ1v) is 10.6. The van der Waals surface area contributed by atoms with E-state index in [-0.39, 0.29) is 13.1 Å². The van der Waals surface area contributed by atoms with Gasteiger partial charge in [-0.3, -0.25) is 9.48 Å². The number of carbonyl (C=O) groups excluding carboxylic acids is 1. The number of halogens is 1. The number of aromatic nitrogens is 6. The number of methoxy groups -OCH3 is 1. The first-order chi connectivity index (χ1) is 14.9. The summed E-state index contributed by atoms with van der Waals surface area (Å²) in [6.45, 7) is 3.68. The van der Waals surface area contributed by atoms with Gasteiger partial charge in [0, 0.05) is 13.6 Å². The highest BCUT2D eigenvalue weighted by molar-refractivity contribution is 7.98. The molecular formula is C18H22FN9O2S. The Bertz CT molecular complexity index is 1130. The summed E-state index contributed by atoms with van der Waals surface area (Å²) < 4.78 is 23.1. The Morgan fingerprint density at radius 2 is 2.23 bits per heavy atom. The van der Waals surface area contributed by atoms with E-state index in [4.69, 9.17) is 4.74 Å². The van der Waals surface area contributed by atoms with Gasteiger partial charge < -0.3 is 20.3 Å². The number of alkyl halides is 1. The highest BCUT2D eigenvalue weighted by atomic mass is 32.2. The zero-order valence-corrected chi connectivity index (χ0v) is 18.1. The molecule has 4 heterocycles. The predicted octanol–water partition coefficient (Wildman–Crippen LogP) is 1.16.